The van der Waals surface area contributed by atoms with E-state index in [9.17, 15) is 0 Å². The first-order chi connectivity index (χ1) is 6.13. The first kappa shape index (κ1) is 10.9. The maximum Gasteiger partial charge on any atom is 0.0186 e. The Morgan fingerprint density at radius 3 is 2.15 bits per heavy atom. The van der Waals surface area contributed by atoms with Crippen LogP contribution in [0.1, 0.15) is 40.5 Å². The first-order valence-corrected chi connectivity index (χ1v) is 6.19. The van der Waals surface area contributed by atoms with E-state index in [-0.39, 0.29) is 0 Å². The topological polar surface area (TPSA) is 0 Å². The zero-order valence-electron chi connectivity index (χ0n) is 9.24. The lowest BCUT2D eigenvalue weighted by Gasteiger charge is -2.12. The Morgan fingerprint density at radius 1 is 1.00 bits per heavy atom. The van der Waals surface area contributed by atoms with Crippen molar-refractivity contribution in [2.45, 2.75) is 40.5 Å². The molecule has 0 unspecified atom stereocenters. The first-order valence-electron chi connectivity index (χ1n) is 5.03. The van der Waals surface area contributed by atoms with Crippen LogP contribution >= 0.6 is 11.8 Å². The van der Waals surface area contributed by atoms with Gasteiger partial charge in [0.1, 0.15) is 0 Å². The molecule has 0 aromatic rings. The fourth-order valence-electron chi connectivity index (χ4n) is 1.76. The van der Waals surface area contributed by atoms with Crippen molar-refractivity contribution < 1.29 is 0 Å². The highest BCUT2D eigenvalue weighted by atomic mass is 32.2. The molecule has 1 aliphatic heterocycles. The average Bonchev–Trinajstić information content (AvgIpc) is 2.27. The standard InChI is InChI=1S/C12H20S/c1-9(2)11-6-5-7-13-8-12(11)10(3)4/h5-8H2,1-4H3. The van der Waals surface area contributed by atoms with Gasteiger partial charge in [0.05, 0.1) is 0 Å². The number of allylic oxidation sites excluding steroid dienone is 3. The molecular formula is C12H20S. The quantitative estimate of drug-likeness (QED) is 0.560. The molecule has 0 nitrogen and oxygen atoms in total. The SMILES string of the molecule is CC(C)=C1CCCSCC1=C(C)C. The summed E-state index contributed by atoms with van der Waals surface area (Å²) < 4.78 is 0. The van der Waals surface area contributed by atoms with Gasteiger partial charge in [0.15, 0.2) is 0 Å². The monoisotopic (exact) mass is 196 g/mol. The molecule has 0 aromatic heterocycles. The summed E-state index contributed by atoms with van der Waals surface area (Å²) in [5, 5.41) is 0. The third-order valence-corrected chi connectivity index (χ3v) is 3.60. The van der Waals surface area contributed by atoms with Crippen LogP contribution in [0, 0.1) is 0 Å². The third-order valence-electron chi connectivity index (χ3n) is 2.53. The molecule has 1 heteroatoms. The maximum atomic E-state index is 2.24. The highest BCUT2D eigenvalue weighted by molar-refractivity contribution is 7.99. The Balaban J connectivity index is 3.01. The molecular weight excluding hydrogens is 176 g/mol. The van der Waals surface area contributed by atoms with Gasteiger partial charge >= 0.3 is 0 Å². The number of thioether (sulfide) groups is 1. The van der Waals surface area contributed by atoms with Crippen LogP contribution in [0.4, 0.5) is 0 Å². The molecule has 0 aromatic carbocycles. The van der Waals surface area contributed by atoms with E-state index >= 15 is 0 Å². The Bertz CT molecular complexity index is 212. The summed E-state index contributed by atoms with van der Waals surface area (Å²) in [6, 6.07) is 0. The van der Waals surface area contributed by atoms with Crippen LogP contribution in [0.15, 0.2) is 22.3 Å². The van der Waals surface area contributed by atoms with E-state index in [2.05, 4.69) is 39.5 Å². The minimum Gasteiger partial charge on any atom is -0.157 e. The Morgan fingerprint density at radius 2 is 1.62 bits per heavy atom. The van der Waals surface area contributed by atoms with Crippen molar-refractivity contribution in [3.8, 4) is 0 Å². The lowest BCUT2D eigenvalue weighted by Crippen LogP contribution is -1.95. The maximum absolute atomic E-state index is 2.24. The zero-order chi connectivity index (χ0) is 9.84. The molecule has 1 saturated heterocycles. The molecule has 0 bridgehead atoms. The lowest BCUT2D eigenvalue weighted by atomic mass is 9.95. The third kappa shape index (κ3) is 2.91. The Kier molecular flexibility index (Phi) is 4.11. The van der Waals surface area contributed by atoms with E-state index < -0.39 is 0 Å². The van der Waals surface area contributed by atoms with Gasteiger partial charge < -0.3 is 0 Å². The predicted molar refractivity (Wildman–Crippen MR) is 63.3 cm³/mol. The minimum absolute atomic E-state index is 1.23. The van der Waals surface area contributed by atoms with E-state index in [0.717, 1.165) is 0 Å². The second-order valence-corrected chi connectivity index (χ2v) is 5.22. The van der Waals surface area contributed by atoms with Crippen molar-refractivity contribution in [2.24, 2.45) is 0 Å². The largest absolute Gasteiger partial charge is 0.157 e. The van der Waals surface area contributed by atoms with Crippen LogP contribution in [-0.2, 0) is 0 Å². The van der Waals surface area contributed by atoms with Gasteiger partial charge in [0.2, 0.25) is 0 Å². The van der Waals surface area contributed by atoms with E-state index in [1.165, 1.54) is 35.5 Å². The average molecular weight is 196 g/mol. The smallest absolute Gasteiger partial charge is 0.0186 e. The van der Waals surface area contributed by atoms with Crippen molar-refractivity contribution in [1.29, 1.82) is 0 Å². The zero-order valence-corrected chi connectivity index (χ0v) is 10.1. The highest BCUT2D eigenvalue weighted by Gasteiger charge is 2.12. The van der Waals surface area contributed by atoms with Crippen LogP contribution < -0.4 is 0 Å². The molecule has 0 saturated carbocycles. The second kappa shape index (κ2) is 4.90. The summed E-state index contributed by atoms with van der Waals surface area (Å²) in [5.74, 6) is 2.55. The highest BCUT2D eigenvalue weighted by Crippen LogP contribution is 2.30. The number of hydrogen-bond donors (Lipinski definition) is 0. The van der Waals surface area contributed by atoms with Gasteiger partial charge in [0, 0.05) is 5.75 Å². The van der Waals surface area contributed by atoms with Crippen molar-refractivity contribution in [3.05, 3.63) is 22.3 Å². The Labute approximate surface area is 86.5 Å². The van der Waals surface area contributed by atoms with Crippen molar-refractivity contribution in [2.75, 3.05) is 11.5 Å². The molecule has 13 heavy (non-hydrogen) atoms. The van der Waals surface area contributed by atoms with Crippen LogP contribution in [0.2, 0.25) is 0 Å². The predicted octanol–water partition coefficient (Wildman–Crippen LogP) is 4.19. The molecule has 0 amide bonds. The summed E-state index contributed by atoms with van der Waals surface area (Å²) in [7, 11) is 0. The second-order valence-electron chi connectivity index (χ2n) is 4.11. The van der Waals surface area contributed by atoms with Gasteiger partial charge in [-0.1, -0.05) is 11.1 Å². The summed E-state index contributed by atoms with van der Waals surface area (Å²) in [6.07, 6.45) is 2.64. The van der Waals surface area contributed by atoms with Gasteiger partial charge in [-0.15, -0.1) is 0 Å². The van der Waals surface area contributed by atoms with Gasteiger partial charge in [-0.2, -0.15) is 11.8 Å². The Hall–Kier alpha value is -0.170. The molecule has 0 spiro atoms. The fourth-order valence-corrected chi connectivity index (χ4v) is 2.92. The molecule has 74 valence electrons. The number of rotatable bonds is 0. The summed E-state index contributed by atoms with van der Waals surface area (Å²) in [5.41, 5.74) is 6.26. The van der Waals surface area contributed by atoms with E-state index in [0.29, 0.717) is 0 Å². The van der Waals surface area contributed by atoms with Gasteiger partial charge in [0.25, 0.3) is 0 Å². The summed E-state index contributed by atoms with van der Waals surface area (Å²) in [4.78, 5) is 0. The fraction of sp³-hybridized carbons (Fsp3) is 0.667. The van der Waals surface area contributed by atoms with Crippen LogP contribution in [0.5, 0.6) is 0 Å². The van der Waals surface area contributed by atoms with Crippen LogP contribution in [0.3, 0.4) is 0 Å². The van der Waals surface area contributed by atoms with Crippen molar-refractivity contribution >= 4 is 11.8 Å². The molecule has 0 atom stereocenters. The van der Waals surface area contributed by atoms with Crippen molar-refractivity contribution in [1.82, 2.24) is 0 Å². The van der Waals surface area contributed by atoms with E-state index in [1.54, 1.807) is 11.1 Å². The molecule has 0 N–H and O–H groups in total. The van der Waals surface area contributed by atoms with Gasteiger partial charge in [-0.25, -0.2) is 0 Å². The minimum atomic E-state index is 1.23. The number of hydrogen-bond acceptors (Lipinski definition) is 1. The lowest BCUT2D eigenvalue weighted by molar-refractivity contribution is 0.914. The molecule has 0 aliphatic carbocycles. The van der Waals surface area contributed by atoms with Crippen LogP contribution in [-0.4, -0.2) is 11.5 Å². The molecule has 1 rings (SSSR count). The van der Waals surface area contributed by atoms with Crippen molar-refractivity contribution in [3.63, 3.8) is 0 Å². The molecule has 1 aliphatic rings. The molecule has 1 fully saturated rings. The summed E-state index contributed by atoms with van der Waals surface area (Å²) >= 11 is 2.08. The molecule has 1 heterocycles. The normalized spacial score (nSPS) is 18.5. The van der Waals surface area contributed by atoms with E-state index in [4.69, 9.17) is 0 Å². The van der Waals surface area contributed by atoms with Crippen LogP contribution in [0.25, 0.3) is 0 Å². The van der Waals surface area contributed by atoms with E-state index in [1.807, 2.05) is 0 Å². The summed E-state index contributed by atoms with van der Waals surface area (Å²) in [6.45, 7) is 8.97. The molecule has 0 radical (unpaired) electrons. The van der Waals surface area contributed by atoms with Gasteiger partial charge in [-0.3, -0.25) is 0 Å². The van der Waals surface area contributed by atoms with Gasteiger partial charge in [-0.05, 0) is 57.4 Å².